The summed E-state index contributed by atoms with van der Waals surface area (Å²) in [5.74, 6) is 0. The number of aliphatic hydroxyl groups excluding tert-OH is 1. The van der Waals surface area contributed by atoms with Crippen LogP contribution in [0, 0.1) is 0 Å². The van der Waals surface area contributed by atoms with Crippen LogP contribution in [0.2, 0.25) is 0 Å². The number of rotatable bonds is 2. The van der Waals surface area contributed by atoms with Gasteiger partial charge in [0.15, 0.2) is 0 Å². The van der Waals surface area contributed by atoms with Crippen molar-refractivity contribution in [2.45, 2.75) is 6.10 Å². The van der Waals surface area contributed by atoms with E-state index in [4.69, 9.17) is 0 Å². The van der Waals surface area contributed by atoms with Gasteiger partial charge in [-0.15, -0.1) is 0 Å². The third kappa shape index (κ3) is 3.16. The average Bonchev–Trinajstić information content (AvgIpc) is 2.96. The minimum atomic E-state index is -0.806. The molecule has 0 fully saturated rings. The molecule has 38 heavy (non-hydrogen) atoms. The largest absolute Gasteiger partial charge is 0.384 e. The molecule has 1 N–H and O–H groups in total. The molecule has 0 aliphatic heterocycles. The van der Waals surface area contributed by atoms with Gasteiger partial charge in [0.25, 0.3) is 0 Å². The van der Waals surface area contributed by atoms with E-state index in [9.17, 15) is 5.11 Å². The fourth-order valence-electron chi connectivity index (χ4n) is 6.32. The van der Waals surface area contributed by atoms with E-state index in [-0.39, 0.29) is 0 Å². The number of benzene rings is 8. The summed E-state index contributed by atoms with van der Waals surface area (Å²) < 4.78 is 0. The summed E-state index contributed by atoms with van der Waals surface area (Å²) >= 11 is 0. The van der Waals surface area contributed by atoms with Gasteiger partial charge in [0.05, 0.1) is 0 Å². The summed E-state index contributed by atoms with van der Waals surface area (Å²) in [6.45, 7) is 0. The molecule has 0 atom stereocenters. The maximum atomic E-state index is 12.5. The maximum Gasteiger partial charge on any atom is 0.106 e. The first-order valence-corrected chi connectivity index (χ1v) is 13.1. The Morgan fingerprint density at radius 1 is 0.316 bits per heavy atom. The highest BCUT2D eigenvalue weighted by molar-refractivity contribution is 6.11. The van der Waals surface area contributed by atoms with E-state index in [0.717, 1.165) is 54.2 Å². The van der Waals surface area contributed by atoms with Gasteiger partial charge in [0.2, 0.25) is 0 Å². The van der Waals surface area contributed by atoms with Gasteiger partial charge >= 0.3 is 0 Å². The van der Waals surface area contributed by atoms with Crippen LogP contribution in [0.3, 0.4) is 0 Å². The Hall–Kier alpha value is -4.72. The normalized spacial score (nSPS) is 12.1. The highest BCUT2D eigenvalue weighted by atomic mass is 16.3. The lowest BCUT2D eigenvalue weighted by atomic mass is 9.85. The molecule has 0 aliphatic carbocycles. The van der Waals surface area contributed by atoms with Crippen LogP contribution in [0.5, 0.6) is 0 Å². The van der Waals surface area contributed by atoms with E-state index in [1.165, 1.54) is 21.5 Å². The minimum Gasteiger partial charge on any atom is -0.384 e. The van der Waals surface area contributed by atoms with Gasteiger partial charge in [0, 0.05) is 11.1 Å². The topological polar surface area (TPSA) is 20.2 Å². The fourth-order valence-corrected chi connectivity index (χ4v) is 6.32. The van der Waals surface area contributed by atoms with E-state index in [0.29, 0.717) is 0 Å². The van der Waals surface area contributed by atoms with Gasteiger partial charge in [-0.25, -0.2) is 0 Å². The molecular formula is C37H24O. The first-order valence-electron chi connectivity index (χ1n) is 13.1. The van der Waals surface area contributed by atoms with Crippen LogP contribution in [0.25, 0.3) is 64.6 Å². The van der Waals surface area contributed by atoms with Crippen molar-refractivity contribution in [1.82, 2.24) is 0 Å². The zero-order valence-corrected chi connectivity index (χ0v) is 20.7. The van der Waals surface area contributed by atoms with E-state index >= 15 is 0 Å². The van der Waals surface area contributed by atoms with E-state index in [1.807, 2.05) is 0 Å². The lowest BCUT2D eigenvalue weighted by molar-refractivity contribution is 0.226. The van der Waals surface area contributed by atoms with Crippen LogP contribution >= 0.6 is 0 Å². The molecule has 8 aromatic rings. The van der Waals surface area contributed by atoms with Crippen molar-refractivity contribution in [1.29, 1.82) is 0 Å². The highest BCUT2D eigenvalue weighted by Crippen LogP contribution is 2.42. The van der Waals surface area contributed by atoms with Gasteiger partial charge in [0.1, 0.15) is 6.10 Å². The van der Waals surface area contributed by atoms with Crippen molar-refractivity contribution in [3.05, 3.63) is 145 Å². The quantitative estimate of drug-likeness (QED) is 0.242. The van der Waals surface area contributed by atoms with Crippen molar-refractivity contribution >= 4 is 64.6 Å². The Kier molecular flexibility index (Phi) is 4.58. The number of aliphatic hydroxyl groups is 1. The maximum absolute atomic E-state index is 12.5. The molecule has 0 aliphatic rings. The molecule has 0 spiro atoms. The van der Waals surface area contributed by atoms with Gasteiger partial charge in [-0.05, 0) is 101 Å². The summed E-state index contributed by atoms with van der Waals surface area (Å²) in [5.41, 5.74) is 1.93. The zero-order valence-electron chi connectivity index (χ0n) is 20.7. The van der Waals surface area contributed by atoms with Crippen LogP contribution in [-0.4, -0.2) is 5.11 Å². The van der Waals surface area contributed by atoms with Crippen LogP contribution < -0.4 is 0 Å². The first-order chi connectivity index (χ1) is 18.7. The monoisotopic (exact) mass is 484 g/mol. The Balaban J connectivity index is 1.54. The van der Waals surface area contributed by atoms with Gasteiger partial charge in [-0.2, -0.15) is 0 Å². The molecule has 8 aromatic carbocycles. The summed E-state index contributed by atoms with van der Waals surface area (Å²) in [7, 11) is 0. The molecule has 0 unspecified atom stereocenters. The standard InChI is InChI=1S/C37H24O/c38-37(35-31-15-7-5-13-27(31)19-29-17-23-9-1-3-11-25(23)21-33(29)35)36-32-16-8-6-14-28(32)20-30-18-24-10-2-4-12-26(24)22-34(30)36/h1-22,37-38H. The fraction of sp³-hybridized carbons (Fsp3) is 0.0270. The van der Waals surface area contributed by atoms with Crippen molar-refractivity contribution in [2.24, 2.45) is 0 Å². The van der Waals surface area contributed by atoms with E-state index < -0.39 is 6.10 Å². The molecule has 0 saturated carbocycles. The molecule has 178 valence electrons. The molecule has 0 aromatic heterocycles. The molecule has 0 bridgehead atoms. The van der Waals surface area contributed by atoms with Crippen molar-refractivity contribution in [3.8, 4) is 0 Å². The molecule has 0 heterocycles. The second kappa shape index (κ2) is 8.14. The highest BCUT2D eigenvalue weighted by Gasteiger charge is 2.22. The van der Waals surface area contributed by atoms with Crippen molar-refractivity contribution < 1.29 is 5.11 Å². The minimum absolute atomic E-state index is 0.806. The van der Waals surface area contributed by atoms with Gasteiger partial charge in [-0.1, -0.05) is 97.1 Å². The smallest absolute Gasteiger partial charge is 0.106 e. The average molecular weight is 485 g/mol. The zero-order chi connectivity index (χ0) is 25.2. The SMILES string of the molecule is OC(c1c2ccccc2cc2cc3ccccc3cc12)c1c2ccccc2cc2cc3ccccc3cc12. The lowest BCUT2D eigenvalue weighted by Crippen LogP contribution is -2.04. The number of hydrogen-bond donors (Lipinski definition) is 1. The third-order valence-corrected chi connectivity index (χ3v) is 8.09. The van der Waals surface area contributed by atoms with Gasteiger partial charge in [-0.3, -0.25) is 0 Å². The molecule has 0 amide bonds. The Morgan fingerprint density at radius 3 is 1.05 bits per heavy atom. The molecule has 1 heteroatoms. The Morgan fingerprint density at radius 2 is 0.632 bits per heavy atom. The predicted octanol–water partition coefficient (Wildman–Crippen LogP) is 9.69. The summed E-state index contributed by atoms with van der Waals surface area (Å²) in [5, 5.41) is 26.2. The first kappa shape index (κ1) is 21.4. The van der Waals surface area contributed by atoms with Gasteiger partial charge < -0.3 is 5.11 Å². The summed E-state index contributed by atoms with van der Waals surface area (Å²) in [4.78, 5) is 0. The summed E-state index contributed by atoms with van der Waals surface area (Å²) in [6.07, 6.45) is -0.806. The molecule has 0 radical (unpaired) electrons. The predicted molar refractivity (Wildman–Crippen MR) is 162 cm³/mol. The molecule has 8 rings (SSSR count). The lowest BCUT2D eigenvalue weighted by Gasteiger charge is -2.22. The Labute approximate surface area is 220 Å². The second-order valence-corrected chi connectivity index (χ2v) is 10.3. The van der Waals surface area contributed by atoms with Crippen LogP contribution in [0.4, 0.5) is 0 Å². The van der Waals surface area contributed by atoms with Crippen LogP contribution in [0.15, 0.2) is 133 Å². The molecule has 1 nitrogen and oxygen atoms in total. The van der Waals surface area contributed by atoms with Crippen LogP contribution in [0.1, 0.15) is 17.2 Å². The van der Waals surface area contributed by atoms with Crippen molar-refractivity contribution in [3.63, 3.8) is 0 Å². The molecular weight excluding hydrogens is 460 g/mol. The number of hydrogen-bond acceptors (Lipinski definition) is 1. The third-order valence-electron chi connectivity index (χ3n) is 8.09. The van der Waals surface area contributed by atoms with Crippen molar-refractivity contribution in [2.75, 3.05) is 0 Å². The van der Waals surface area contributed by atoms with Crippen LogP contribution in [-0.2, 0) is 0 Å². The second-order valence-electron chi connectivity index (χ2n) is 10.3. The number of fused-ring (bicyclic) bond motifs is 6. The molecule has 0 saturated heterocycles. The van der Waals surface area contributed by atoms with E-state index in [1.54, 1.807) is 0 Å². The summed E-state index contributed by atoms with van der Waals surface area (Å²) in [6, 6.07) is 47.3. The van der Waals surface area contributed by atoms with E-state index in [2.05, 4.69) is 133 Å². The Bertz CT molecular complexity index is 2040.